The number of nitrogens with one attached hydrogen (secondary N) is 3. The number of hydrogen-bond donors (Lipinski definition) is 5. The van der Waals surface area contributed by atoms with Gasteiger partial charge in [-0.2, -0.15) is 0 Å². The smallest absolute Gasteiger partial charge is 0.219 e. The molecule has 1 aliphatic rings. The third-order valence-electron chi connectivity index (χ3n) is 4.61. The van der Waals surface area contributed by atoms with E-state index in [-0.39, 0.29) is 12.1 Å². The number of anilines is 1. The number of benzene rings is 1. The molecule has 2 rings (SSSR count). The zero-order valence-corrected chi connectivity index (χ0v) is 15.8. The van der Waals surface area contributed by atoms with Crippen LogP contribution in [-0.4, -0.2) is 50.7 Å². The lowest BCUT2D eigenvalue weighted by Crippen LogP contribution is -2.45. The average Bonchev–Trinajstić information content (AvgIpc) is 2.66. The monoisotopic (exact) mass is 358 g/mol. The van der Waals surface area contributed by atoms with Crippen molar-refractivity contribution in [1.29, 1.82) is 0 Å². The maximum absolute atomic E-state index is 11.7. The van der Waals surface area contributed by atoms with Gasteiger partial charge in [-0.3, -0.25) is 4.79 Å². The van der Waals surface area contributed by atoms with Crippen molar-refractivity contribution >= 4 is 17.3 Å². The van der Waals surface area contributed by atoms with Gasteiger partial charge in [0.15, 0.2) is 0 Å². The third kappa shape index (κ3) is 4.77. The highest BCUT2D eigenvalue weighted by atomic mass is 16.2. The Morgan fingerprint density at radius 2 is 2.00 bits per heavy atom. The SMILES string of the molecule is CNC1=C(C(N)Nc2ccc(/C(=C/CN)NC)cc2)CN(C(C)=O)CC1. The first-order chi connectivity index (χ1) is 12.5. The van der Waals surface area contributed by atoms with Gasteiger partial charge in [0.25, 0.3) is 0 Å². The molecule has 1 aromatic carbocycles. The van der Waals surface area contributed by atoms with E-state index in [1.54, 1.807) is 6.92 Å². The molecule has 0 fully saturated rings. The van der Waals surface area contributed by atoms with Gasteiger partial charge in [0, 0.05) is 69.7 Å². The second-order valence-electron chi connectivity index (χ2n) is 6.25. The minimum absolute atomic E-state index is 0.0699. The first-order valence-electron chi connectivity index (χ1n) is 8.85. The van der Waals surface area contributed by atoms with E-state index in [0.717, 1.165) is 41.2 Å². The number of hydrogen-bond acceptors (Lipinski definition) is 6. The van der Waals surface area contributed by atoms with Crippen LogP contribution in [0.15, 0.2) is 41.6 Å². The van der Waals surface area contributed by atoms with Crippen molar-refractivity contribution in [2.24, 2.45) is 11.5 Å². The largest absolute Gasteiger partial charge is 0.391 e. The molecule has 1 aliphatic heterocycles. The summed E-state index contributed by atoms with van der Waals surface area (Å²) in [6, 6.07) is 8.01. The molecule has 0 radical (unpaired) electrons. The van der Waals surface area contributed by atoms with Gasteiger partial charge in [-0.1, -0.05) is 12.1 Å². The Labute approximate surface area is 155 Å². The predicted molar refractivity (Wildman–Crippen MR) is 107 cm³/mol. The highest BCUT2D eigenvalue weighted by Crippen LogP contribution is 2.21. The molecule has 7 heteroatoms. The second kappa shape index (κ2) is 9.26. The van der Waals surface area contributed by atoms with Crippen molar-refractivity contribution in [1.82, 2.24) is 15.5 Å². The standard InChI is InChI=1S/C19H30N6O/c1-13(26)25-11-9-18(23-3)16(12-25)19(21)24-15-6-4-14(5-7-15)17(22-2)8-10-20/h4-8,19,22-24H,9-12,20-21H2,1-3H3/b17-8-. The van der Waals surface area contributed by atoms with E-state index >= 15 is 0 Å². The summed E-state index contributed by atoms with van der Waals surface area (Å²) < 4.78 is 0. The van der Waals surface area contributed by atoms with Gasteiger partial charge >= 0.3 is 0 Å². The summed E-state index contributed by atoms with van der Waals surface area (Å²) in [4.78, 5) is 13.5. The maximum Gasteiger partial charge on any atom is 0.219 e. The number of carbonyl (C=O) groups excluding carboxylic acids is 1. The topological polar surface area (TPSA) is 108 Å². The van der Waals surface area contributed by atoms with E-state index in [9.17, 15) is 4.79 Å². The molecular formula is C19H30N6O. The number of carbonyl (C=O) groups is 1. The summed E-state index contributed by atoms with van der Waals surface area (Å²) in [6.07, 6.45) is 2.36. The maximum atomic E-state index is 11.7. The number of rotatable bonds is 7. The van der Waals surface area contributed by atoms with Crippen molar-refractivity contribution < 1.29 is 4.79 Å². The van der Waals surface area contributed by atoms with E-state index < -0.39 is 0 Å². The van der Waals surface area contributed by atoms with E-state index in [1.807, 2.05) is 49.3 Å². The van der Waals surface area contributed by atoms with Gasteiger partial charge in [-0.25, -0.2) is 0 Å². The lowest BCUT2D eigenvalue weighted by atomic mass is 10.0. The molecule has 0 aliphatic carbocycles. The van der Waals surface area contributed by atoms with E-state index in [0.29, 0.717) is 13.1 Å². The van der Waals surface area contributed by atoms with Crippen LogP contribution in [0.2, 0.25) is 0 Å². The zero-order chi connectivity index (χ0) is 19.1. The molecule has 0 spiro atoms. The van der Waals surface area contributed by atoms with Gasteiger partial charge in [0.1, 0.15) is 6.17 Å². The van der Waals surface area contributed by atoms with Crippen molar-refractivity contribution in [3.05, 3.63) is 47.2 Å². The Morgan fingerprint density at radius 1 is 1.31 bits per heavy atom. The summed E-state index contributed by atoms with van der Waals surface area (Å²) in [6.45, 7) is 3.33. The summed E-state index contributed by atoms with van der Waals surface area (Å²) in [7, 11) is 3.77. The fraction of sp³-hybridized carbons (Fsp3) is 0.421. The lowest BCUT2D eigenvalue weighted by Gasteiger charge is -2.33. The van der Waals surface area contributed by atoms with E-state index in [4.69, 9.17) is 11.5 Å². The molecule has 1 atom stereocenters. The zero-order valence-electron chi connectivity index (χ0n) is 15.8. The molecule has 1 amide bonds. The van der Waals surface area contributed by atoms with Crippen LogP contribution < -0.4 is 27.4 Å². The van der Waals surface area contributed by atoms with Gasteiger partial charge in [0.05, 0.1) is 0 Å². The molecule has 26 heavy (non-hydrogen) atoms. The predicted octanol–water partition coefficient (Wildman–Crippen LogP) is 0.628. The fourth-order valence-electron chi connectivity index (χ4n) is 3.12. The Hall–Kier alpha value is -2.51. The van der Waals surface area contributed by atoms with Gasteiger partial charge < -0.3 is 32.3 Å². The molecule has 142 valence electrons. The first-order valence-corrected chi connectivity index (χ1v) is 8.85. The molecule has 0 bridgehead atoms. The van der Waals surface area contributed by atoms with Crippen LogP contribution in [0.25, 0.3) is 5.70 Å². The Kier molecular flexibility index (Phi) is 7.06. The van der Waals surface area contributed by atoms with Crippen LogP contribution in [0, 0.1) is 0 Å². The minimum Gasteiger partial charge on any atom is -0.391 e. The van der Waals surface area contributed by atoms with Crippen LogP contribution >= 0.6 is 0 Å². The number of amides is 1. The molecule has 7 N–H and O–H groups in total. The first kappa shape index (κ1) is 19.8. The number of nitrogens with zero attached hydrogens (tertiary/aromatic N) is 1. The van der Waals surface area contributed by atoms with Crippen LogP contribution in [-0.2, 0) is 4.79 Å². The fourth-order valence-corrected chi connectivity index (χ4v) is 3.12. The van der Waals surface area contributed by atoms with Crippen LogP contribution in [0.5, 0.6) is 0 Å². The Bertz CT molecular complexity index is 680. The Balaban J connectivity index is 2.13. The minimum atomic E-state index is -0.367. The van der Waals surface area contributed by atoms with E-state index in [1.165, 1.54) is 0 Å². The van der Waals surface area contributed by atoms with Crippen LogP contribution in [0.4, 0.5) is 5.69 Å². The van der Waals surface area contributed by atoms with Crippen molar-refractivity contribution in [2.75, 3.05) is 39.0 Å². The molecule has 1 unspecified atom stereocenters. The van der Waals surface area contributed by atoms with E-state index in [2.05, 4.69) is 16.0 Å². The Morgan fingerprint density at radius 3 is 2.54 bits per heavy atom. The van der Waals surface area contributed by atoms with Gasteiger partial charge in [0.2, 0.25) is 5.91 Å². The molecular weight excluding hydrogens is 328 g/mol. The highest BCUT2D eigenvalue weighted by Gasteiger charge is 2.24. The molecule has 0 saturated heterocycles. The molecule has 0 aromatic heterocycles. The number of nitrogens with two attached hydrogens (primary N) is 2. The summed E-state index contributed by atoms with van der Waals surface area (Å²) in [5.41, 5.74) is 17.1. The third-order valence-corrected chi connectivity index (χ3v) is 4.61. The molecule has 0 saturated carbocycles. The summed E-state index contributed by atoms with van der Waals surface area (Å²) in [5.74, 6) is 0.0699. The quantitative estimate of drug-likeness (QED) is 0.458. The van der Waals surface area contributed by atoms with Crippen molar-refractivity contribution in [2.45, 2.75) is 19.5 Å². The highest BCUT2D eigenvalue weighted by molar-refractivity contribution is 5.74. The molecule has 1 aromatic rings. The van der Waals surface area contributed by atoms with Gasteiger partial charge in [-0.15, -0.1) is 0 Å². The van der Waals surface area contributed by atoms with Gasteiger partial charge in [-0.05, 0) is 23.8 Å². The lowest BCUT2D eigenvalue weighted by molar-refractivity contribution is -0.128. The van der Waals surface area contributed by atoms with Crippen LogP contribution in [0.1, 0.15) is 18.9 Å². The van der Waals surface area contributed by atoms with Crippen molar-refractivity contribution in [3.8, 4) is 0 Å². The molecule has 1 heterocycles. The second-order valence-corrected chi connectivity index (χ2v) is 6.25. The van der Waals surface area contributed by atoms with Crippen molar-refractivity contribution in [3.63, 3.8) is 0 Å². The average molecular weight is 358 g/mol. The molecule has 7 nitrogen and oxygen atoms in total. The summed E-state index contributed by atoms with van der Waals surface area (Å²) in [5, 5.41) is 9.69. The van der Waals surface area contributed by atoms with Crippen LogP contribution in [0.3, 0.4) is 0 Å². The normalized spacial score (nSPS) is 16.3. The summed E-state index contributed by atoms with van der Waals surface area (Å²) >= 11 is 0.